The smallest absolute Gasteiger partial charge is 0.300 e. The first-order chi connectivity index (χ1) is 15.5. The second-order valence-corrected chi connectivity index (χ2v) is 7.24. The molecule has 3 aromatic rings. The number of hydrogen-bond acceptors (Lipinski definition) is 6. The number of ketones is 1. The van der Waals surface area contributed by atoms with Crippen LogP contribution in [0.5, 0.6) is 11.5 Å². The average molecular weight is 433 g/mol. The van der Waals surface area contributed by atoms with Gasteiger partial charge in [0.25, 0.3) is 11.7 Å². The normalized spacial score (nSPS) is 17.6. The molecule has 0 saturated carbocycles. The summed E-state index contributed by atoms with van der Waals surface area (Å²) in [5.41, 5.74) is 1.70. The molecule has 2 heterocycles. The van der Waals surface area contributed by atoms with Gasteiger partial charge in [-0.2, -0.15) is 0 Å². The van der Waals surface area contributed by atoms with Gasteiger partial charge in [0.2, 0.25) is 0 Å². The Labute approximate surface area is 185 Å². The molecular formula is C25H23NO6. The van der Waals surface area contributed by atoms with Crippen LogP contribution >= 0.6 is 0 Å². The van der Waals surface area contributed by atoms with Gasteiger partial charge in [0.1, 0.15) is 34.6 Å². The number of nitrogens with zero attached hydrogens (tertiary/aromatic N) is 1. The molecule has 1 saturated heterocycles. The first-order valence-corrected chi connectivity index (χ1v) is 10.2. The number of carbonyl (C=O) groups is 2. The Kier molecular flexibility index (Phi) is 5.73. The first kappa shape index (κ1) is 21.2. The summed E-state index contributed by atoms with van der Waals surface area (Å²) in [5.74, 6) is -1.02. The largest absolute Gasteiger partial charge is 0.506 e. The van der Waals surface area contributed by atoms with Gasteiger partial charge >= 0.3 is 0 Å². The molecule has 32 heavy (non-hydrogen) atoms. The van der Waals surface area contributed by atoms with Crippen LogP contribution in [0.1, 0.15) is 29.9 Å². The molecule has 1 N–H and O–H groups in total. The van der Waals surface area contributed by atoms with E-state index >= 15 is 0 Å². The fourth-order valence-electron chi connectivity index (χ4n) is 3.93. The van der Waals surface area contributed by atoms with E-state index in [9.17, 15) is 14.7 Å². The molecule has 1 fully saturated rings. The van der Waals surface area contributed by atoms with E-state index < -0.39 is 23.5 Å². The lowest BCUT2D eigenvalue weighted by Gasteiger charge is -2.24. The van der Waals surface area contributed by atoms with Crippen molar-refractivity contribution in [2.75, 3.05) is 19.1 Å². The van der Waals surface area contributed by atoms with E-state index in [0.29, 0.717) is 22.9 Å². The highest BCUT2D eigenvalue weighted by molar-refractivity contribution is 6.51. The number of carbonyl (C=O) groups excluding carboxylic acids is 2. The zero-order valence-corrected chi connectivity index (χ0v) is 18.0. The molecule has 1 unspecified atom stereocenters. The van der Waals surface area contributed by atoms with Gasteiger partial charge in [0.05, 0.1) is 26.1 Å². The Morgan fingerprint density at radius 3 is 2.19 bits per heavy atom. The molecule has 4 rings (SSSR count). The Morgan fingerprint density at radius 1 is 1.00 bits per heavy atom. The second kappa shape index (κ2) is 8.63. The molecule has 1 aromatic heterocycles. The predicted molar refractivity (Wildman–Crippen MR) is 119 cm³/mol. The highest BCUT2D eigenvalue weighted by Crippen LogP contribution is 2.45. The van der Waals surface area contributed by atoms with Gasteiger partial charge in [0.15, 0.2) is 0 Å². The van der Waals surface area contributed by atoms with Gasteiger partial charge in [-0.25, -0.2) is 0 Å². The maximum Gasteiger partial charge on any atom is 0.300 e. The van der Waals surface area contributed by atoms with Crippen molar-refractivity contribution in [1.29, 1.82) is 0 Å². The van der Waals surface area contributed by atoms with Crippen molar-refractivity contribution < 1.29 is 28.6 Å². The molecule has 1 aliphatic heterocycles. The molecule has 0 bridgehead atoms. The summed E-state index contributed by atoms with van der Waals surface area (Å²) in [5, 5.41) is 11.3. The number of benzene rings is 2. The van der Waals surface area contributed by atoms with Gasteiger partial charge in [-0.1, -0.05) is 25.1 Å². The standard InChI is InChI=1S/C25H23NO6/c1-4-15-10-12-16(13-11-15)26-22(19-9-6-14-32-19)21(24(28)25(26)29)23(27)20-17(30-2)7-5-8-18(20)31-3/h5-14,22,27H,4H2,1-3H3/b23-21+. The number of Topliss-reactive ketones (excluding diaryl/α,β-unsaturated/α-hetero) is 1. The van der Waals surface area contributed by atoms with Crippen molar-refractivity contribution >= 4 is 23.1 Å². The third kappa shape index (κ3) is 3.41. The number of furan rings is 1. The van der Waals surface area contributed by atoms with Gasteiger partial charge in [0, 0.05) is 5.69 Å². The van der Waals surface area contributed by atoms with E-state index in [-0.39, 0.29) is 11.1 Å². The van der Waals surface area contributed by atoms with Gasteiger partial charge in [-0.3, -0.25) is 14.5 Å². The third-order valence-electron chi connectivity index (χ3n) is 5.54. The molecule has 2 aromatic carbocycles. The number of rotatable bonds is 6. The van der Waals surface area contributed by atoms with Crippen molar-refractivity contribution in [2.24, 2.45) is 0 Å². The number of amides is 1. The minimum absolute atomic E-state index is 0.104. The Morgan fingerprint density at radius 2 is 1.66 bits per heavy atom. The summed E-state index contributed by atoms with van der Waals surface area (Å²) >= 11 is 0. The summed E-state index contributed by atoms with van der Waals surface area (Å²) < 4.78 is 16.4. The maximum absolute atomic E-state index is 13.2. The van der Waals surface area contributed by atoms with E-state index in [1.165, 1.54) is 25.4 Å². The molecule has 1 aliphatic rings. The highest BCUT2D eigenvalue weighted by atomic mass is 16.5. The molecule has 7 heteroatoms. The molecule has 1 atom stereocenters. The summed E-state index contributed by atoms with van der Waals surface area (Å²) in [6.45, 7) is 2.03. The molecule has 1 amide bonds. The van der Waals surface area contributed by atoms with Crippen molar-refractivity contribution in [1.82, 2.24) is 0 Å². The lowest BCUT2D eigenvalue weighted by molar-refractivity contribution is -0.132. The Bertz CT molecular complexity index is 1160. The number of methoxy groups -OCH3 is 2. The van der Waals surface area contributed by atoms with E-state index in [4.69, 9.17) is 13.9 Å². The lowest BCUT2D eigenvalue weighted by Crippen LogP contribution is -2.29. The molecule has 0 aliphatic carbocycles. The minimum Gasteiger partial charge on any atom is -0.506 e. The van der Waals surface area contributed by atoms with Crippen LogP contribution in [0.3, 0.4) is 0 Å². The van der Waals surface area contributed by atoms with E-state index in [0.717, 1.165) is 12.0 Å². The van der Waals surface area contributed by atoms with Crippen LogP contribution in [-0.4, -0.2) is 31.0 Å². The number of hydrogen-bond donors (Lipinski definition) is 1. The van der Waals surface area contributed by atoms with Crippen LogP contribution in [0.25, 0.3) is 5.76 Å². The molecule has 0 radical (unpaired) electrons. The predicted octanol–water partition coefficient (Wildman–Crippen LogP) is 4.49. The zero-order valence-electron chi connectivity index (χ0n) is 18.0. The number of ether oxygens (including phenoxy) is 2. The van der Waals surface area contributed by atoms with Gasteiger partial charge in [-0.15, -0.1) is 0 Å². The van der Waals surface area contributed by atoms with E-state index in [1.54, 1.807) is 42.5 Å². The SMILES string of the molecule is CCc1ccc(N2C(=O)C(=O)/C(=C(/O)c3c(OC)cccc3OC)C2c2ccco2)cc1. The fourth-order valence-corrected chi connectivity index (χ4v) is 3.93. The Hall–Kier alpha value is -4.00. The van der Waals surface area contributed by atoms with Crippen molar-refractivity contribution in [3.8, 4) is 11.5 Å². The fraction of sp³-hybridized carbons (Fsp3) is 0.200. The summed E-state index contributed by atoms with van der Waals surface area (Å²) in [7, 11) is 2.90. The Balaban J connectivity index is 1.95. The maximum atomic E-state index is 13.2. The third-order valence-corrected chi connectivity index (χ3v) is 5.54. The second-order valence-electron chi connectivity index (χ2n) is 7.24. The first-order valence-electron chi connectivity index (χ1n) is 10.2. The molecule has 164 valence electrons. The van der Waals surface area contributed by atoms with Crippen LogP contribution in [0.2, 0.25) is 0 Å². The van der Waals surface area contributed by atoms with Gasteiger partial charge < -0.3 is 19.0 Å². The van der Waals surface area contributed by atoms with Crippen molar-refractivity contribution in [3.05, 3.63) is 83.3 Å². The summed E-state index contributed by atoms with van der Waals surface area (Å²) in [6.07, 6.45) is 2.30. The highest BCUT2D eigenvalue weighted by Gasteiger charge is 2.48. The van der Waals surface area contributed by atoms with Crippen LogP contribution in [0.4, 0.5) is 5.69 Å². The molecule has 0 spiro atoms. The topological polar surface area (TPSA) is 89.2 Å². The number of aliphatic hydroxyl groups is 1. The van der Waals surface area contributed by atoms with Crippen LogP contribution in [0, 0.1) is 0 Å². The monoisotopic (exact) mass is 433 g/mol. The number of aliphatic hydroxyl groups excluding tert-OH is 1. The summed E-state index contributed by atoms with van der Waals surface area (Å²) in [6, 6.07) is 14.7. The minimum atomic E-state index is -0.952. The molecular weight excluding hydrogens is 410 g/mol. The number of anilines is 1. The zero-order chi connectivity index (χ0) is 22.8. The van der Waals surface area contributed by atoms with Crippen molar-refractivity contribution in [2.45, 2.75) is 19.4 Å². The quantitative estimate of drug-likeness (QED) is 0.350. The number of aryl methyl sites for hydroxylation is 1. The molecule has 7 nitrogen and oxygen atoms in total. The van der Waals surface area contributed by atoms with E-state index in [1.807, 2.05) is 19.1 Å². The lowest BCUT2D eigenvalue weighted by atomic mass is 9.98. The van der Waals surface area contributed by atoms with Gasteiger partial charge in [-0.05, 0) is 48.4 Å². The average Bonchev–Trinajstić information content (AvgIpc) is 3.45. The van der Waals surface area contributed by atoms with Crippen LogP contribution in [0.15, 0.2) is 70.9 Å². The van der Waals surface area contributed by atoms with Crippen molar-refractivity contribution in [3.63, 3.8) is 0 Å². The van der Waals surface area contributed by atoms with E-state index in [2.05, 4.69) is 0 Å². The van der Waals surface area contributed by atoms with Crippen LogP contribution in [-0.2, 0) is 16.0 Å². The van der Waals surface area contributed by atoms with Crippen LogP contribution < -0.4 is 14.4 Å². The summed E-state index contributed by atoms with van der Waals surface area (Å²) in [4.78, 5) is 27.7.